The maximum Gasteiger partial charge on any atom is 0.121 e. The molecule has 0 aliphatic heterocycles. The van der Waals surface area contributed by atoms with Crippen molar-refractivity contribution >= 4 is 17.4 Å². The van der Waals surface area contributed by atoms with E-state index in [-0.39, 0.29) is 6.04 Å². The molecule has 33 heavy (non-hydrogen) atoms. The summed E-state index contributed by atoms with van der Waals surface area (Å²) in [7, 11) is 0. The minimum atomic E-state index is 0.207. The van der Waals surface area contributed by atoms with E-state index in [0.717, 1.165) is 41.8 Å². The molecule has 0 saturated carbocycles. The lowest BCUT2D eigenvalue weighted by Crippen LogP contribution is -2.04. The Hall–Kier alpha value is -3.05. The highest BCUT2D eigenvalue weighted by Crippen LogP contribution is 2.30. The van der Waals surface area contributed by atoms with Gasteiger partial charge < -0.3 is 0 Å². The predicted molar refractivity (Wildman–Crippen MR) is 139 cm³/mol. The highest BCUT2D eigenvalue weighted by Gasteiger charge is 2.16. The van der Waals surface area contributed by atoms with Crippen molar-refractivity contribution in [2.24, 2.45) is 0 Å². The van der Waals surface area contributed by atoms with Crippen molar-refractivity contribution in [3.05, 3.63) is 82.3 Å². The van der Waals surface area contributed by atoms with Crippen LogP contribution in [0.15, 0.2) is 66.1 Å². The van der Waals surface area contributed by atoms with Gasteiger partial charge in [-0.15, -0.1) is 11.3 Å². The second kappa shape index (κ2) is 10.7. The summed E-state index contributed by atoms with van der Waals surface area (Å²) in [5.74, 6) is 0.514. The van der Waals surface area contributed by atoms with Crippen LogP contribution in [0.1, 0.15) is 68.8 Å². The van der Waals surface area contributed by atoms with Gasteiger partial charge in [-0.2, -0.15) is 15.0 Å². The van der Waals surface area contributed by atoms with Crippen LogP contribution in [0.2, 0.25) is 0 Å². The van der Waals surface area contributed by atoms with Crippen molar-refractivity contribution in [2.75, 3.05) is 0 Å². The van der Waals surface area contributed by atoms with Crippen molar-refractivity contribution in [3.8, 4) is 22.5 Å². The van der Waals surface area contributed by atoms with Gasteiger partial charge in [0.2, 0.25) is 0 Å². The molecule has 0 radical (unpaired) electrons. The van der Waals surface area contributed by atoms with Gasteiger partial charge >= 0.3 is 0 Å². The summed E-state index contributed by atoms with van der Waals surface area (Å²) in [6.07, 6.45) is 7.65. The maximum atomic E-state index is 4.83. The van der Waals surface area contributed by atoms with Crippen LogP contribution in [0.25, 0.3) is 28.6 Å². The smallest absolute Gasteiger partial charge is 0.121 e. The number of aromatic nitrogens is 4. The number of hydrogen-bond donors (Lipinski definition) is 0. The van der Waals surface area contributed by atoms with E-state index < -0.39 is 0 Å². The highest BCUT2D eigenvalue weighted by molar-refractivity contribution is 7.09. The minimum absolute atomic E-state index is 0.207. The number of allylic oxidation sites excluding steroid dienone is 1. The number of hydrogen-bond acceptors (Lipinski definition) is 4. The number of unbranched alkanes of at least 4 members (excludes halogenated alkanes) is 1. The fourth-order valence-electron chi connectivity index (χ4n) is 3.65. The third kappa shape index (κ3) is 5.85. The molecular formula is C28H32N4S. The van der Waals surface area contributed by atoms with Crippen LogP contribution in [0.5, 0.6) is 0 Å². The molecule has 0 spiro atoms. The third-order valence-electron chi connectivity index (χ3n) is 5.48. The molecule has 0 fully saturated rings. The summed E-state index contributed by atoms with van der Waals surface area (Å²) >= 11 is 1.78. The lowest BCUT2D eigenvalue weighted by molar-refractivity contribution is 0.468. The van der Waals surface area contributed by atoms with Gasteiger partial charge in [-0.25, -0.2) is 4.98 Å². The second-order valence-electron chi connectivity index (χ2n) is 8.93. The number of nitrogens with zero attached hydrogens (tertiary/aromatic N) is 4. The van der Waals surface area contributed by atoms with Crippen LogP contribution in [-0.4, -0.2) is 20.0 Å². The Morgan fingerprint density at radius 1 is 0.909 bits per heavy atom. The molecule has 0 amide bonds. The first-order valence-electron chi connectivity index (χ1n) is 11.7. The molecule has 0 saturated heterocycles. The summed E-state index contributed by atoms with van der Waals surface area (Å²) < 4.78 is 0. The molecule has 0 bridgehead atoms. The van der Waals surface area contributed by atoms with Crippen molar-refractivity contribution in [3.63, 3.8) is 0 Å². The molecular weight excluding hydrogens is 424 g/mol. The molecule has 0 atom stereocenters. The molecule has 5 heteroatoms. The predicted octanol–water partition coefficient (Wildman–Crippen LogP) is 7.81. The molecule has 4 aromatic rings. The van der Waals surface area contributed by atoms with Gasteiger partial charge in [-0.05, 0) is 44.7 Å². The SMILES string of the molecule is CC(C)c1nc(CCC/C=C/c2cccc(-c3nn(C(C)C)nc3-c3ccccc3)c2)cs1. The zero-order valence-electron chi connectivity index (χ0n) is 19.9. The summed E-state index contributed by atoms with van der Waals surface area (Å²) in [6.45, 7) is 8.61. The van der Waals surface area contributed by atoms with Crippen LogP contribution >= 0.6 is 11.3 Å². The summed E-state index contributed by atoms with van der Waals surface area (Å²) in [5, 5.41) is 13.1. The van der Waals surface area contributed by atoms with E-state index in [1.165, 1.54) is 16.3 Å². The van der Waals surface area contributed by atoms with Crippen LogP contribution in [0.3, 0.4) is 0 Å². The normalized spacial score (nSPS) is 11.8. The zero-order valence-corrected chi connectivity index (χ0v) is 20.7. The van der Waals surface area contributed by atoms with Gasteiger partial charge in [0.15, 0.2) is 0 Å². The third-order valence-corrected chi connectivity index (χ3v) is 6.67. The molecule has 2 aromatic carbocycles. The Balaban J connectivity index is 1.46. The Kier molecular flexibility index (Phi) is 7.50. The molecule has 0 N–H and O–H groups in total. The summed E-state index contributed by atoms with van der Waals surface area (Å²) in [5.41, 5.74) is 6.43. The largest absolute Gasteiger partial charge is 0.246 e. The van der Waals surface area contributed by atoms with E-state index in [1.807, 2.05) is 23.0 Å². The second-order valence-corrected chi connectivity index (χ2v) is 9.82. The fourth-order valence-corrected chi connectivity index (χ4v) is 4.52. The Labute approximate surface area is 201 Å². The molecule has 170 valence electrons. The Bertz CT molecular complexity index is 1200. The van der Waals surface area contributed by atoms with E-state index in [9.17, 15) is 0 Å². The summed E-state index contributed by atoms with van der Waals surface area (Å²) in [4.78, 5) is 6.55. The first-order chi connectivity index (χ1) is 16.0. The van der Waals surface area contributed by atoms with E-state index in [0.29, 0.717) is 5.92 Å². The molecule has 2 aromatic heterocycles. The first-order valence-corrected chi connectivity index (χ1v) is 12.6. The lowest BCUT2D eigenvalue weighted by Gasteiger charge is -2.03. The van der Waals surface area contributed by atoms with E-state index in [1.54, 1.807) is 11.3 Å². The van der Waals surface area contributed by atoms with E-state index in [2.05, 4.69) is 81.6 Å². The molecule has 0 aliphatic carbocycles. The quantitative estimate of drug-likeness (QED) is 0.241. The zero-order chi connectivity index (χ0) is 23.2. The average molecular weight is 457 g/mol. The molecule has 0 unspecified atom stereocenters. The highest BCUT2D eigenvalue weighted by atomic mass is 32.1. The van der Waals surface area contributed by atoms with Crippen molar-refractivity contribution in [1.29, 1.82) is 0 Å². The standard InChI is InChI=1S/C28H32N4S/c1-20(2)28-29-25(19-33-28)17-10-5-7-12-22-13-11-16-24(18-22)27-26(23-14-8-6-9-15-23)30-32(31-27)21(3)4/h6-9,11-16,18-21H,5,10,17H2,1-4H3/b12-7+. The van der Waals surface area contributed by atoms with Gasteiger partial charge in [0.1, 0.15) is 11.4 Å². The minimum Gasteiger partial charge on any atom is -0.246 e. The molecule has 4 nitrogen and oxygen atoms in total. The lowest BCUT2D eigenvalue weighted by atomic mass is 10.0. The number of rotatable bonds is 9. The van der Waals surface area contributed by atoms with Crippen LogP contribution < -0.4 is 0 Å². The van der Waals surface area contributed by atoms with Crippen LogP contribution in [-0.2, 0) is 6.42 Å². The van der Waals surface area contributed by atoms with Gasteiger partial charge in [0.05, 0.1) is 16.7 Å². The fraction of sp³-hybridized carbons (Fsp3) is 0.321. The molecule has 0 aliphatic rings. The first kappa shape index (κ1) is 23.1. The maximum absolute atomic E-state index is 4.83. The van der Waals surface area contributed by atoms with Crippen molar-refractivity contribution < 1.29 is 0 Å². The number of thiazole rings is 1. The molecule has 4 rings (SSSR count). The topological polar surface area (TPSA) is 43.6 Å². The monoisotopic (exact) mass is 456 g/mol. The van der Waals surface area contributed by atoms with Crippen LogP contribution in [0, 0.1) is 0 Å². The Morgan fingerprint density at radius 2 is 1.64 bits per heavy atom. The molecule has 2 heterocycles. The Morgan fingerprint density at radius 3 is 2.33 bits per heavy atom. The van der Waals surface area contributed by atoms with Gasteiger partial charge in [0.25, 0.3) is 0 Å². The van der Waals surface area contributed by atoms with E-state index in [4.69, 9.17) is 15.2 Å². The van der Waals surface area contributed by atoms with Crippen molar-refractivity contribution in [2.45, 2.75) is 58.9 Å². The average Bonchev–Trinajstić information content (AvgIpc) is 3.48. The van der Waals surface area contributed by atoms with Crippen molar-refractivity contribution in [1.82, 2.24) is 20.0 Å². The van der Waals surface area contributed by atoms with Gasteiger partial charge in [0, 0.05) is 22.4 Å². The van der Waals surface area contributed by atoms with E-state index >= 15 is 0 Å². The number of aryl methyl sites for hydroxylation is 1. The van der Waals surface area contributed by atoms with Crippen LogP contribution in [0.4, 0.5) is 0 Å². The number of benzene rings is 2. The van der Waals surface area contributed by atoms with Gasteiger partial charge in [-0.1, -0.05) is 74.5 Å². The summed E-state index contributed by atoms with van der Waals surface area (Å²) in [6, 6.07) is 19.1. The van der Waals surface area contributed by atoms with Gasteiger partial charge in [-0.3, -0.25) is 0 Å².